The maximum Gasteiger partial charge on any atom is 0 e. The van der Waals surface area contributed by atoms with Gasteiger partial charge in [-0.3, -0.25) is 0 Å². The van der Waals surface area contributed by atoms with Crippen molar-refractivity contribution in [3.05, 3.63) is 0 Å². The first-order valence-electron chi connectivity index (χ1n) is 0. The summed E-state index contributed by atoms with van der Waals surface area (Å²) in [6.07, 6.45) is 0. The quantitative estimate of drug-likeness (QED) is 0.424. The summed E-state index contributed by atoms with van der Waals surface area (Å²) < 4.78 is 0. The van der Waals surface area contributed by atoms with E-state index < -0.39 is 0 Å². The first-order chi connectivity index (χ1) is 0. The fourth-order valence-corrected chi connectivity index (χ4v) is 0. The third kappa shape index (κ3) is 31.3. The van der Waals surface area contributed by atoms with Crippen LogP contribution in [-0.2, 0) is 0 Å². The van der Waals surface area contributed by atoms with Gasteiger partial charge < -0.3 is 0 Å². The van der Waals surface area contributed by atoms with E-state index in [-0.39, 0.29) is 291 Å². The van der Waals surface area contributed by atoms with Crippen LogP contribution in [0.1, 0.15) is 0 Å². The molecule has 0 bridgehead atoms. The monoisotopic (exact) mass is 278 g/mol. The molecule has 7 heteroatoms. The zero-order valence-corrected chi connectivity index (χ0v) is 22.8. The molecule has 0 saturated carbocycles. The van der Waals surface area contributed by atoms with Crippen molar-refractivity contribution in [2.45, 2.75) is 0 Å². The van der Waals surface area contributed by atoms with Crippen LogP contribution in [0.25, 0.3) is 0 Å². The first kappa shape index (κ1) is 43.9. The van der Waals surface area contributed by atoms with Crippen LogP contribution in [0.5, 0.6) is 0 Å². The van der Waals surface area contributed by atoms with Gasteiger partial charge in [-0.25, -0.2) is 0 Å². The molecule has 0 aliphatic carbocycles. The average Bonchev–Trinajstić information content (AvgIpc) is 0. The molecule has 0 heterocycles. The van der Waals surface area contributed by atoms with E-state index in [1.54, 1.807) is 0 Å². The van der Waals surface area contributed by atoms with Gasteiger partial charge in [0, 0.05) is 291 Å². The summed E-state index contributed by atoms with van der Waals surface area (Å²) in [6, 6.07) is 0. The van der Waals surface area contributed by atoms with Crippen molar-refractivity contribution in [1.82, 2.24) is 0 Å². The summed E-state index contributed by atoms with van der Waals surface area (Å²) in [5.41, 5.74) is 0. The minimum absolute atomic E-state index is 0. The molecule has 7 heavy (non-hydrogen) atoms. The Morgan fingerprint density at radius 1 is 0.286 bits per heavy atom. The molecule has 0 amide bonds. The molecule has 0 aromatic rings. The summed E-state index contributed by atoms with van der Waals surface area (Å²) in [5, 5.41) is 0. The van der Waals surface area contributed by atoms with Gasteiger partial charge in [-0.1, -0.05) is 0 Å². The molecule has 0 rings (SSSR count). The van der Waals surface area contributed by atoms with Gasteiger partial charge in [0.2, 0.25) is 0 Å². The summed E-state index contributed by atoms with van der Waals surface area (Å²) in [7, 11) is 0. The fraction of sp³-hybridized carbons (Fsp3) is 0. The van der Waals surface area contributed by atoms with Gasteiger partial charge in [0.05, 0.1) is 0 Å². The molecule has 0 aliphatic heterocycles. The molecule has 0 N–H and O–H groups in total. The van der Waals surface area contributed by atoms with Gasteiger partial charge in [0.1, 0.15) is 0 Å². The van der Waals surface area contributed by atoms with Gasteiger partial charge in [0.15, 0.2) is 0 Å². The Balaban J connectivity index is 0. The van der Waals surface area contributed by atoms with Gasteiger partial charge in [-0.2, -0.15) is 0 Å². The molecule has 0 saturated heterocycles. The normalized spacial score (nSPS) is 0. The molecular weight excluding hydrogens is 279 g/mol. The Morgan fingerprint density at radius 2 is 0.286 bits per heavy atom. The largest absolute Gasteiger partial charge is 0 e. The van der Waals surface area contributed by atoms with Gasteiger partial charge >= 0.3 is 0 Å². The smallest absolute Gasteiger partial charge is 0 e. The molecule has 0 aliphatic rings. The van der Waals surface area contributed by atoms with E-state index in [0.29, 0.717) is 0 Å². The SMILES string of the molecule is [Ca].[Ca].[Ca].[Ca].[Ca].[K].[K]. The molecule has 0 fully saturated rings. The second kappa shape index (κ2) is 36.1. The van der Waals surface area contributed by atoms with Gasteiger partial charge in [-0.05, 0) is 0 Å². The number of rotatable bonds is 0. The third-order valence-corrected chi connectivity index (χ3v) is 0. The summed E-state index contributed by atoms with van der Waals surface area (Å²) in [5.74, 6) is 0. The molecule has 0 nitrogen and oxygen atoms in total. The minimum atomic E-state index is 0. The van der Waals surface area contributed by atoms with Crippen LogP contribution in [-0.4, -0.2) is 291 Å². The maximum absolute atomic E-state index is 0. The zero-order valence-electron chi connectivity index (χ0n) is 5.54. The Hall–Kier alpha value is 9.57. The Labute approximate surface area is 280 Å². The molecular formula is Ca5K2. The van der Waals surface area contributed by atoms with Crippen LogP contribution < -0.4 is 0 Å². The zero-order chi connectivity index (χ0) is 0. The van der Waals surface area contributed by atoms with E-state index in [1.165, 1.54) is 0 Å². The minimum Gasteiger partial charge on any atom is 0 e. The molecule has 0 spiro atoms. The summed E-state index contributed by atoms with van der Waals surface area (Å²) in [4.78, 5) is 0. The van der Waals surface area contributed by atoms with Crippen molar-refractivity contribution in [1.29, 1.82) is 0 Å². The van der Waals surface area contributed by atoms with Crippen LogP contribution >= 0.6 is 0 Å². The van der Waals surface area contributed by atoms with Crippen molar-refractivity contribution in [3.63, 3.8) is 0 Å². The average molecular weight is 279 g/mol. The Morgan fingerprint density at radius 3 is 0.286 bits per heavy atom. The number of hydrogen-bond acceptors (Lipinski definition) is 0. The second-order valence-electron chi connectivity index (χ2n) is 0. The van der Waals surface area contributed by atoms with Crippen LogP contribution in [0.15, 0.2) is 0 Å². The second-order valence-corrected chi connectivity index (χ2v) is 0. The first-order valence-corrected chi connectivity index (χ1v) is 0. The van der Waals surface area contributed by atoms with Crippen molar-refractivity contribution in [2.24, 2.45) is 0 Å². The summed E-state index contributed by atoms with van der Waals surface area (Å²) in [6.45, 7) is 0. The molecule has 12 valence electrons. The molecule has 0 aromatic heterocycles. The van der Waals surface area contributed by atoms with Crippen molar-refractivity contribution in [2.75, 3.05) is 0 Å². The van der Waals surface area contributed by atoms with E-state index in [1.807, 2.05) is 0 Å². The van der Waals surface area contributed by atoms with Crippen molar-refractivity contribution in [3.8, 4) is 0 Å². The maximum atomic E-state index is 0. The van der Waals surface area contributed by atoms with E-state index in [0.717, 1.165) is 0 Å². The van der Waals surface area contributed by atoms with E-state index in [2.05, 4.69) is 0 Å². The molecule has 0 atom stereocenters. The fourth-order valence-electron chi connectivity index (χ4n) is 0. The summed E-state index contributed by atoms with van der Waals surface area (Å²) >= 11 is 0. The van der Waals surface area contributed by atoms with E-state index in [9.17, 15) is 0 Å². The predicted octanol–water partition coefficient (Wildman–Crippen LogP) is -2.67. The third-order valence-electron chi connectivity index (χ3n) is 0. The number of hydrogen-bond donors (Lipinski definition) is 0. The van der Waals surface area contributed by atoms with Crippen molar-refractivity contribution >= 4 is 291 Å². The molecule has 0 aromatic carbocycles. The molecule has 0 unspecified atom stereocenters. The predicted molar refractivity (Wildman–Crippen MR) is 40.3 cm³/mol. The standard InChI is InChI=1S/5Ca.2K. The van der Waals surface area contributed by atoms with Crippen molar-refractivity contribution < 1.29 is 0 Å². The van der Waals surface area contributed by atoms with Crippen LogP contribution in [0, 0.1) is 0 Å². The molecule has 12 radical (unpaired) electrons. The van der Waals surface area contributed by atoms with E-state index in [4.69, 9.17) is 0 Å². The van der Waals surface area contributed by atoms with Crippen LogP contribution in [0.3, 0.4) is 0 Å². The van der Waals surface area contributed by atoms with Crippen LogP contribution in [0.4, 0.5) is 0 Å². The van der Waals surface area contributed by atoms with Crippen LogP contribution in [0.2, 0.25) is 0 Å². The Kier molecular flexibility index (Phi) is 226. The van der Waals surface area contributed by atoms with E-state index >= 15 is 0 Å². The topological polar surface area (TPSA) is 0 Å². The van der Waals surface area contributed by atoms with Gasteiger partial charge in [-0.15, -0.1) is 0 Å². The Bertz CT molecular complexity index is 6.04. The van der Waals surface area contributed by atoms with Gasteiger partial charge in [0.25, 0.3) is 0 Å².